The number of rotatable bonds is 4. The molecule has 0 radical (unpaired) electrons. The van der Waals surface area contributed by atoms with Crippen molar-refractivity contribution in [3.05, 3.63) is 95.7 Å². The molecule has 0 bridgehead atoms. The average molecular weight is 341 g/mol. The molecule has 4 heteroatoms. The van der Waals surface area contributed by atoms with Crippen molar-refractivity contribution < 1.29 is 4.79 Å². The largest absolute Gasteiger partial charge is 0.404 e. The summed E-state index contributed by atoms with van der Waals surface area (Å²) >= 11 is 0. The van der Waals surface area contributed by atoms with Gasteiger partial charge in [0.2, 0.25) is 0 Å². The molecule has 128 valence electrons. The van der Waals surface area contributed by atoms with Crippen molar-refractivity contribution in [3.63, 3.8) is 0 Å². The SMILES string of the molecule is C/C(C#Cc1cccc(C(=O)Cc2cccc(-n3ccnc3)c2)c1)=C\N. The fraction of sp³-hybridized carbons (Fsp3) is 0.0909. The van der Waals surface area contributed by atoms with Crippen LogP contribution in [0.3, 0.4) is 0 Å². The molecule has 26 heavy (non-hydrogen) atoms. The number of carbonyl (C=O) groups excluding carboxylic acids is 1. The van der Waals surface area contributed by atoms with E-state index in [1.165, 1.54) is 6.20 Å². The van der Waals surface area contributed by atoms with Crippen LogP contribution in [0.15, 0.2) is 79.0 Å². The number of Topliss-reactive ketones (excluding diaryl/α,β-unsaturated/α-hetero) is 1. The van der Waals surface area contributed by atoms with Gasteiger partial charge < -0.3 is 10.3 Å². The van der Waals surface area contributed by atoms with Crippen LogP contribution in [0.2, 0.25) is 0 Å². The average Bonchev–Trinajstić information content (AvgIpc) is 3.21. The van der Waals surface area contributed by atoms with Crippen LogP contribution in [-0.2, 0) is 6.42 Å². The van der Waals surface area contributed by atoms with Crippen molar-refractivity contribution in [1.29, 1.82) is 0 Å². The van der Waals surface area contributed by atoms with E-state index in [0.29, 0.717) is 12.0 Å². The molecule has 2 aromatic carbocycles. The van der Waals surface area contributed by atoms with Crippen molar-refractivity contribution in [1.82, 2.24) is 9.55 Å². The molecule has 3 aromatic rings. The van der Waals surface area contributed by atoms with E-state index < -0.39 is 0 Å². The van der Waals surface area contributed by atoms with Crippen molar-refractivity contribution in [2.45, 2.75) is 13.3 Å². The van der Waals surface area contributed by atoms with Crippen molar-refractivity contribution >= 4 is 5.78 Å². The third-order valence-corrected chi connectivity index (χ3v) is 3.92. The highest BCUT2D eigenvalue weighted by Crippen LogP contribution is 2.14. The molecule has 0 unspecified atom stereocenters. The van der Waals surface area contributed by atoms with Crippen molar-refractivity contribution in [2.24, 2.45) is 5.73 Å². The molecule has 4 nitrogen and oxygen atoms in total. The van der Waals surface area contributed by atoms with Crippen molar-refractivity contribution in [2.75, 3.05) is 0 Å². The first kappa shape index (κ1) is 17.2. The maximum atomic E-state index is 12.7. The quantitative estimate of drug-likeness (QED) is 0.583. The van der Waals surface area contributed by atoms with Gasteiger partial charge in [0.05, 0.1) is 6.33 Å². The second-order valence-electron chi connectivity index (χ2n) is 5.92. The normalized spacial score (nSPS) is 10.9. The van der Waals surface area contributed by atoms with Gasteiger partial charge in [0.1, 0.15) is 0 Å². The van der Waals surface area contributed by atoms with E-state index in [1.54, 1.807) is 12.5 Å². The zero-order valence-corrected chi connectivity index (χ0v) is 14.5. The van der Waals surface area contributed by atoms with E-state index in [2.05, 4.69) is 16.8 Å². The minimum atomic E-state index is 0.0579. The second kappa shape index (κ2) is 8.00. The summed E-state index contributed by atoms with van der Waals surface area (Å²) in [5.41, 5.74) is 9.60. The second-order valence-corrected chi connectivity index (χ2v) is 5.92. The molecule has 0 spiro atoms. The lowest BCUT2D eigenvalue weighted by atomic mass is 10.0. The predicted molar refractivity (Wildman–Crippen MR) is 103 cm³/mol. The van der Waals surface area contributed by atoms with Gasteiger partial charge in [-0.1, -0.05) is 36.1 Å². The number of allylic oxidation sites excluding steroid dienone is 1. The van der Waals surface area contributed by atoms with Gasteiger partial charge in [-0.25, -0.2) is 4.98 Å². The molecule has 0 aliphatic heterocycles. The highest BCUT2D eigenvalue weighted by Gasteiger charge is 2.08. The highest BCUT2D eigenvalue weighted by molar-refractivity contribution is 5.97. The maximum absolute atomic E-state index is 12.7. The summed E-state index contributed by atoms with van der Waals surface area (Å²) in [6.45, 7) is 1.84. The first-order chi connectivity index (χ1) is 12.7. The van der Waals surface area contributed by atoms with Gasteiger partial charge in [0.15, 0.2) is 5.78 Å². The Bertz CT molecular complexity index is 1010. The van der Waals surface area contributed by atoms with Gasteiger partial charge in [0, 0.05) is 47.4 Å². The summed E-state index contributed by atoms with van der Waals surface area (Å²) in [6.07, 6.45) is 7.14. The number of nitrogens with zero attached hydrogens (tertiary/aromatic N) is 2. The first-order valence-corrected chi connectivity index (χ1v) is 8.27. The lowest BCUT2D eigenvalue weighted by Gasteiger charge is -2.06. The topological polar surface area (TPSA) is 60.9 Å². The smallest absolute Gasteiger partial charge is 0.167 e. The van der Waals surface area contributed by atoms with E-state index in [4.69, 9.17) is 5.73 Å². The Hall–Kier alpha value is -3.58. The first-order valence-electron chi connectivity index (χ1n) is 8.27. The summed E-state index contributed by atoms with van der Waals surface area (Å²) in [5.74, 6) is 6.03. The predicted octanol–water partition coefficient (Wildman–Crippen LogP) is 3.51. The molecule has 0 amide bonds. The summed E-state index contributed by atoms with van der Waals surface area (Å²) < 4.78 is 1.91. The molecule has 0 saturated carbocycles. The van der Waals surface area contributed by atoms with Crippen LogP contribution >= 0.6 is 0 Å². The summed E-state index contributed by atoms with van der Waals surface area (Å²) in [4.78, 5) is 16.7. The molecule has 0 aliphatic rings. The Balaban J connectivity index is 1.78. The molecule has 0 atom stereocenters. The van der Waals surface area contributed by atoms with Gasteiger partial charge in [0.25, 0.3) is 0 Å². The Labute approximate surface area is 153 Å². The minimum Gasteiger partial charge on any atom is -0.404 e. The monoisotopic (exact) mass is 341 g/mol. The van der Waals surface area contributed by atoms with E-state index in [9.17, 15) is 4.79 Å². The van der Waals surface area contributed by atoms with E-state index in [1.807, 2.05) is 66.2 Å². The van der Waals surface area contributed by atoms with Crippen LogP contribution in [0.25, 0.3) is 5.69 Å². The molecule has 3 rings (SSSR count). The van der Waals surface area contributed by atoms with E-state index in [0.717, 1.165) is 22.4 Å². The molecule has 1 heterocycles. The summed E-state index contributed by atoms with van der Waals surface area (Å²) in [5, 5.41) is 0. The molecular formula is C22H19N3O. The van der Waals surface area contributed by atoms with E-state index >= 15 is 0 Å². The zero-order valence-electron chi connectivity index (χ0n) is 14.5. The minimum absolute atomic E-state index is 0.0579. The Morgan fingerprint density at radius 3 is 2.85 bits per heavy atom. The van der Waals surface area contributed by atoms with Crippen molar-refractivity contribution in [3.8, 4) is 17.5 Å². The standard InChI is InChI=1S/C22H19N3O/c1-17(15-23)8-9-18-4-2-6-20(12-18)22(26)14-19-5-3-7-21(13-19)25-11-10-24-16-25/h2-7,10-13,15-16H,14,23H2,1H3/b17-15+. The number of hydrogen-bond acceptors (Lipinski definition) is 3. The lowest BCUT2D eigenvalue weighted by molar-refractivity contribution is 0.0993. The van der Waals surface area contributed by atoms with Gasteiger partial charge >= 0.3 is 0 Å². The Morgan fingerprint density at radius 1 is 1.23 bits per heavy atom. The number of carbonyl (C=O) groups is 1. The van der Waals surface area contributed by atoms with Gasteiger partial charge in [-0.2, -0.15) is 0 Å². The van der Waals surface area contributed by atoms with E-state index in [-0.39, 0.29) is 5.78 Å². The third kappa shape index (κ3) is 4.28. The van der Waals surface area contributed by atoms with Gasteiger partial charge in [-0.3, -0.25) is 4.79 Å². The van der Waals surface area contributed by atoms with Gasteiger partial charge in [-0.15, -0.1) is 0 Å². The Morgan fingerprint density at radius 2 is 2.08 bits per heavy atom. The van der Waals surface area contributed by atoms with Crippen LogP contribution in [0.5, 0.6) is 0 Å². The number of ketones is 1. The number of nitrogens with two attached hydrogens (primary N) is 1. The van der Waals surface area contributed by atoms with Crippen LogP contribution in [-0.4, -0.2) is 15.3 Å². The molecule has 0 fully saturated rings. The zero-order chi connectivity index (χ0) is 18.4. The van der Waals surface area contributed by atoms with Gasteiger partial charge in [-0.05, 0) is 36.8 Å². The van der Waals surface area contributed by atoms with Crippen LogP contribution in [0, 0.1) is 11.8 Å². The number of hydrogen-bond donors (Lipinski definition) is 1. The molecule has 1 aromatic heterocycles. The third-order valence-electron chi connectivity index (χ3n) is 3.92. The van der Waals surface area contributed by atoms with Crippen LogP contribution < -0.4 is 5.73 Å². The molecule has 0 saturated heterocycles. The highest BCUT2D eigenvalue weighted by atomic mass is 16.1. The Kier molecular flexibility index (Phi) is 5.31. The lowest BCUT2D eigenvalue weighted by Crippen LogP contribution is -2.04. The van der Waals surface area contributed by atoms with Crippen LogP contribution in [0.1, 0.15) is 28.4 Å². The maximum Gasteiger partial charge on any atom is 0.167 e. The fourth-order valence-electron chi connectivity index (χ4n) is 2.51. The number of benzene rings is 2. The number of imidazole rings is 1. The molecular weight excluding hydrogens is 322 g/mol. The van der Waals surface area contributed by atoms with Crippen LogP contribution in [0.4, 0.5) is 0 Å². The molecule has 0 aliphatic carbocycles. The summed E-state index contributed by atoms with van der Waals surface area (Å²) in [7, 11) is 0. The summed E-state index contributed by atoms with van der Waals surface area (Å²) in [6, 6.07) is 15.3. The molecule has 2 N–H and O–H groups in total. The fourth-order valence-corrected chi connectivity index (χ4v) is 2.51. The number of aromatic nitrogens is 2.